The van der Waals surface area contributed by atoms with Gasteiger partial charge in [-0.05, 0) is 42.8 Å². The molecule has 0 aliphatic rings. The third kappa shape index (κ3) is 4.07. The fraction of sp³-hybridized carbons (Fsp3) is 0.188. The van der Waals surface area contributed by atoms with Gasteiger partial charge in [-0.1, -0.05) is 17.7 Å². The highest BCUT2D eigenvalue weighted by molar-refractivity contribution is 7.98. The second kappa shape index (κ2) is 7.26. The summed E-state index contributed by atoms with van der Waals surface area (Å²) in [4.78, 5) is 0.960. The molecule has 0 saturated carbocycles. The molecule has 0 saturated heterocycles. The Labute approximate surface area is 133 Å². The lowest BCUT2D eigenvalue weighted by molar-refractivity contribution is 0.339. The number of hydrogen-bond donors (Lipinski definition) is 1. The van der Waals surface area contributed by atoms with Crippen molar-refractivity contribution >= 4 is 29.1 Å². The first kappa shape index (κ1) is 15.6. The first-order chi connectivity index (χ1) is 10.1. The van der Waals surface area contributed by atoms with E-state index in [0.717, 1.165) is 16.2 Å². The number of benzene rings is 2. The van der Waals surface area contributed by atoms with Crippen LogP contribution in [0.25, 0.3) is 0 Å². The van der Waals surface area contributed by atoms with Gasteiger partial charge in [-0.15, -0.1) is 11.8 Å². The summed E-state index contributed by atoms with van der Waals surface area (Å²) in [5, 5.41) is 9.43. The average Bonchev–Trinajstić information content (AvgIpc) is 2.49. The molecular formula is C16H15ClN2OS. The molecular weight excluding hydrogens is 304 g/mol. The Morgan fingerprint density at radius 3 is 2.76 bits per heavy atom. The van der Waals surface area contributed by atoms with E-state index in [1.165, 1.54) is 0 Å². The van der Waals surface area contributed by atoms with Crippen molar-refractivity contribution in [1.82, 2.24) is 0 Å². The minimum absolute atomic E-state index is 0.562. The molecule has 0 spiro atoms. The van der Waals surface area contributed by atoms with E-state index in [0.29, 0.717) is 28.6 Å². The van der Waals surface area contributed by atoms with Gasteiger partial charge >= 0.3 is 0 Å². The van der Waals surface area contributed by atoms with Crippen molar-refractivity contribution in [1.29, 1.82) is 5.26 Å². The van der Waals surface area contributed by atoms with Crippen LogP contribution in [0.4, 0.5) is 5.69 Å². The summed E-state index contributed by atoms with van der Waals surface area (Å²) in [6.07, 6.45) is 0. The summed E-state index contributed by atoms with van der Waals surface area (Å²) in [6, 6.07) is 13.0. The molecule has 2 aromatic carbocycles. The van der Waals surface area contributed by atoms with Gasteiger partial charge in [0.1, 0.15) is 5.75 Å². The molecule has 0 heterocycles. The topological polar surface area (TPSA) is 59.0 Å². The highest BCUT2D eigenvalue weighted by Gasteiger charge is 2.06. The summed E-state index contributed by atoms with van der Waals surface area (Å²) < 4.78 is 5.48. The smallest absolute Gasteiger partial charge is 0.120 e. The van der Waals surface area contributed by atoms with Crippen LogP contribution in [-0.4, -0.2) is 6.61 Å². The van der Waals surface area contributed by atoms with Crippen LogP contribution in [0.2, 0.25) is 5.02 Å². The summed E-state index contributed by atoms with van der Waals surface area (Å²) in [7, 11) is 0. The Bertz CT molecular complexity index is 682. The van der Waals surface area contributed by atoms with Crippen molar-refractivity contribution in [3.05, 3.63) is 52.5 Å². The van der Waals surface area contributed by atoms with E-state index in [1.54, 1.807) is 23.9 Å². The van der Waals surface area contributed by atoms with Crippen LogP contribution >= 0.6 is 23.4 Å². The second-order valence-corrected chi connectivity index (χ2v) is 5.76. The van der Waals surface area contributed by atoms with Crippen LogP contribution in [0.15, 0.2) is 41.3 Å². The van der Waals surface area contributed by atoms with Gasteiger partial charge in [-0.3, -0.25) is 0 Å². The number of nitrogens with two attached hydrogens (primary N) is 1. The number of anilines is 1. The monoisotopic (exact) mass is 318 g/mol. The van der Waals surface area contributed by atoms with Gasteiger partial charge in [0.2, 0.25) is 0 Å². The van der Waals surface area contributed by atoms with Crippen molar-refractivity contribution in [2.24, 2.45) is 0 Å². The maximum absolute atomic E-state index is 8.83. The number of hydrogen-bond acceptors (Lipinski definition) is 4. The third-order valence-corrected chi connectivity index (χ3v) is 4.33. The molecule has 2 rings (SSSR count). The minimum atomic E-state index is 0.562. The minimum Gasteiger partial charge on any atom is -0.494 e. The predicted molar refractivity (Wildman–Crippen MR) is 87.8 cm³/mol. The lowest BCUT2D eigenvalue weighted by atomic mass is 10.2. The lowest BCUT2D eigenvalue weighted by Crippen LogP contribution is -1.94. The van der Waals surface area contributed by atoms with Gasteiger partial charge in [-0.25, -0.2) is 0 Å². The van der Waals surface area contributed by atoms with E-state index >= 15 is 0 Å². The molecule has 5 heteroatoms. The van der Waals surface area contributed by atoms with E-state index in [-0.39, 0.29) is 0 Å². The Morgan fingerprint density at radius 1 is 1.29 bits per heavy atom. The molecule has 0 atom stereocenters. The van der Waals surface area contributed by atoms with Crippen LogP contribution in [0.1, 0.15) is 18.1 Å². The number of thioether (sulfide) groups is 1. The first-order valence-corrected chi connectivity index (χ1v) is 7.84. The number of nitriles is 1. The van der Waals surface area contributed by atoms with E-state index in [4.69, 9.17) is 27.3 Å². The van der Waals surface area contributed by atoms with E-state index in [1.807, 2.05) is 31.2 Å². The molecule has 0 fully saturated rings. The van der Waals surface area contributed by atoms with Crippen molar-refractivity contribution < 1.29 is 4.74 Å². The summed E-state index contributed by atoms with van der Waals surface area (Å²) in [6.45, 7) is 2.56. The Morgan fingerprint density at radius 2 is 2.10 bits per heavy atom. The van der Waals surface area contributed by atoms with Crippen LogP contribution in [0, 0.1) is 11.3 Å². The van der Waals surface area contributed by atoms with Crippen molar-refractivity contribution in [3.8, 4) is 11.8 Å². The SMILES string of the molecule is CCOc1ccc(N)c(SCc2ccc(C#N)cc2Cl)c1. The van der Waals surface area contributed by atoms with Crippen molar-refractivity contribution in [3.63, 3.8) is 0 Å². The van der Waals surface area contributed by atoms with Gasteiger partial charge in [0.15, 0.2) is 0 Å². The molecule has 2 N–H and O–H groups in total. The Kier molecular flexibility index (Phi) is 5.38. The highest BCUT2D eigenvalue weighted by atomic mass is 35.5. The molecule has 0 radical (unpaired) electrons. The molecule has 0 unspecified atom stereocenters. The number of ether oxygens (including phenoxy) is 1. The summed E-state index contributed by atoms with van der Waals surface area (Å²) in [5.74, 6) is 1.49. The standard InChI is InChI=1S/C16H15ClN2OS/c1-2-20-13-5-6-15(19)16(8-13)21-10-12-4-3-11(9-18)7-14(12)17/h3-8H,2,10,19H2,1H3. The predicted octanol–water partition coefficient (Wildman–Crippen LogP) is 4.48. The van der Waals surface area contributed by atoms with E-state index in [9.17, 15) is 0 Å². The molecule has 3 nitrogen and oxygen atoms in total. The molecule has 0 aromatic heterocycles. The second-order valence-electron chi connectivity index (χ2n) is 4.34. The summed E-state index contributed by atoms with van der Waals surface area (Å²) in [5.41, 5.74) is 8.23. The normalized spacial score (nSPS) is 10.1. The number of nitrogen functional groups attached to an aromatic ring is 1. The van der Waals surface area contributed by atoms with E-state index < -0.39 is 0 Å². The molecule has 108 valence electrons. The van der Waals surface area contributed by atoms with Crippen LogP contribution in [0.5, 0.6) is 5.75 Å². The lowest BCUT2D eigenvalue weighted by Gasteiger charge is -2.10. The molecule has 0 bridgehead atoms. The fourth-order valence-corrected chi connectivity index (χ4v) is 3.11. The van der Waals surface area contributed by atoms with Crippen molar-refractivity contribution in [2.75, 3.05) is 12.3 Å². The quantitative estimate of drug-likeness (QED) is 0.652. The third-order valence-electron chi connectivity index (χ3n) is 2.86. The average molecular weight is 319 g/mol. The summed E-state index contributed by atoms with van der Waals surface area (Å²) >= 11 is 7.77. The van der Waals surface area contributed by atoms with Gasteiger partial charge in [0.05, 0.1) is 18.2 Å². The van der Waals surface area contributed by atoms with Crippen molar-refractivity contribution in [2.45, 2.75) is 17.6 Å². The van der Waals surface area contributed by atoms with Gasteiger partial charge in [0.25, 0.3) is 0 Å². The zero-order chi connectivity index (χ0) is 15.2. The largest absolute Gasteiger partial charge is 0.494 e. The number of rotatable bonds is 5. The highest BCUT2D eigenvalue weighted by Crippen LogP contribution is 2.33. The van der Waals surface area contributed by atoms with Gasteiger partial charge in [-0.2, -0.15) is 5.26 Å². The van der Waals surface area contributed by atoms with Crippen LogP contribution in [0.3, 0.4) is 0 Å². The maximum Gasteiger partial charge on any atom is 0.120 e. The van der Waals surface area contributed by atoms with Crippen LogP contribution < -0.4 is 10.5 Å². The molecule has 21 heavy (non-hydrogen) atoms. The number of nitrogens with zero attached hydrogens (tertiary/aromatic N) is 1. The zero-order valence-electron chi connectivity index (χ0n) is 11.6. The number of halogens is 1. The zero-order valence-corrected chi connectivity index (χ0v) is 13.2. The maximum atomic E-state index is 8.83. The first-order valence-electron chi connectivity index (χ1n) is 6.47. The van der Waals surface area contributed by atoms with E-state index in [2.05, 4.69) is 6.07 Å². The molecule has 0 aliphatic heterocycles. The Hall–Kier alpha value is -1.83. The van der Waals surface area contributed by atoms with Crippen LogP contribution in [-0.2, 0) is 5.75 Å². The Balaban J connectivity index is 2.13. The molecule has 0 amide bonds. The van der Waals surface area contributed by atoms with Gasteiger partial charge < -0.3 is 10.5 Å². The molecule has 0 aliphatic carbocycles. The van der Waals surface area contributed by atoms with Gasteiger partial charge in [0, 0.05) is 21.4 Å². The molecule has 2 aromatic rings. The fourth-order valence-electron chi connectivity index (χ4n) is 1.79.